The average molecular weight is 329 g/mol. The topological polar surface area (TPSA) is 17.8 Å². The lowest BCUT2D eigenvalue weighted by atomic mass is 10.0. The molecule has 1 rings (SSSR count). The van der Waals surface area contributed by atoms with Crippen LogP contribution in [0.1, 0.15) is 96.8 Å². The molecule has 1 aromatic rings. The first-order valence-corrected chi connectivity index (χ1v) is 9.39. The van der Waals surface area contributed by atoms with Crippen LogP contribution in [0.25, 0.3) is 0 Å². The molecule has 0 spiro atoms. The lowest BCUT2D eigenvalue weighted by molar-refractivity contribution is 0.524. The Kier molecular flexibility index (Phi) is 16.5. The molecule has 0 saturated carbocycles. The Morgan fingerprint density at radius 2 is 1.14 bits per heavy atom. The molecule has 0 saturated heterocycles. The smallest absolute Gasteiger partial charge is 0.0945 e. The van der Waals surface area contributed by atoms with Crippen molar-refractivity contribution in [3.63, 3.8) is 0 Å². The molecule has 0 aromatic carbocycles. The van der Waals surface area contributed by atoms with Crippen molar-refractivity contribution >= 4 is 12.4 Å². The quantitative estimate of drug-likeness (QED) is 0.324. The van der Waals surface area contributed by atoms with Crippen molar-refractivity contribution in [2.45, 2.75) is 103 Å². The molecular formula is C19H37ClN2. The Morgan fingerprint density at radius 1 is 0.682 bits per heavy atom. The van der Waals surface area contributed by atoms with Crippen molar-refractivity contribution in [1.82, 2.24) is 9.55 Å². The van der Waals surface area contributed by atoms with Gasteiger partial charge in [-0.1, -0.05) is 90.4 Å². The maximum atomic E-state index is 4.07. The van der Waals surface area contributed by atoms with E-state index in [4.69, 9.17) is 0 Å². The Labute approximate surface area is 144 Å². The molecule has 22 heavy (non-hydrogen) atoms. The fourth-order valence-corrected chi connectivity index (χ4v) is 2.91. The SMILES string of the molecule is CCCCCCCCCCCCCCCCn1ccnc1.Cl. The van der Waals surface area contributed by atoms with Gasteiger partial charge in [-0.2, -0.15) is 0 Å². The number of imidazole rings is 1. The Morgan fingerprint density at radius 3 is 1.55 bits per heavy atom. The lowest BCUT2D eigenvalue weighted by Gasteiger charge is -2.04. The van der Waals surface area contributed by atoms with E-state index in [0.29, 0.717) is 0 Å². The van der Waals surface area contributed by atoms with Crippen LogP contribution < -0.4 is 0 Å². The Hall–Kier alpha value is -0.500. The summed E-state index contributed by atoms with van der Waals surface area (Å²) in [6.07, 6.45) is 25.8. The number of nitrogens with zero attached hydrogens (tertiary/aromatic N) is 2. The van der Waals surface area contributed by atoms with Crippen LogP contribution >= 0.6 is 12.4 Å². The van der Waals surface area contributed by atoms with E-state index in [1.165, 1.54) is 89.9 Å². The van der Waals surface area contributed by atoms with E-state index in [1.54, 1.807) is 0 Å². The van der Waals surface area contributed by atoms with Crippen molar-refractivity contribution in [3.8, 4) is 0 Å². The highest BCUT2D eigenvalue weighted by molar-refractivity contribution is 5.85. The molecule has 0 aliphatic heterocycles. The maximum absolute atomic E-state index is 4.07. The summed E-state index contributed by atoms with van der Waals surface area (Å²) in [5.74, 6) is 0. The van der Waals surface area contributed by atoms with Crippen LogP contribution in [0.5, 0.6) is 0 Å². The van der Waals surface area contributed by atoms with E-state index >= 15 is 0 Å². The molecule has 2 nitrogen and oxygen atoms in total. The molecule has 3 heteroatoms. The monoisotopic (exact) mass is 328 g/mol. The van der Waals surface area contributed by atoms with Crippen LogP contribution in [0, 0.1) is 0 Å². The summed E-state index contributed by atoms with van der Waals surface area (Å²) in [4.78, 5) is 4.07. The summed E-state index contributed by atoms with van der Waals surface area (Å²) >= 11 is 0. The van der Waals surface area contributed by atoms with Gasteiger partial charge in [-0.15, -0.1) is 12.4 Å². The van der Waals surface area contributed by atoms with Crippen LogP contribution in [0.4, 0.5) is 0 Å². The molecule has 0 radical (unpaired) electrons. The minimum Gasteiger partial charge on any atom is -0.337 e. The molecule has 130 valence electrons. The van der Waals surface area contributed by atoms with E-state index in [1.807, 2.05) is 12.5 Å². The van der Waals surface area contributed by atoms with Crippen molar-refractivity contribution < 1.29 is 0 Å². The number of unbranched alkanes of at least 4 members (excludes halogenated alkanes) is 13. The summed E-state index contributed by atoms with van der Waals surface area (Å²) in [5.41, 5.74) is 0. The van der Waals surface area contributed by atoms with E-state index < -0.39 is 0 Å². The number of aryl methyl sites for hydroxylation is 1. The molecule has 0 N–H and O–H groups in total. The van der Waals surface area contributed by atoms with Crippen LogP contribution in [-0.2, 0) is 6.54 Å². The van der Waals surface area contributed by atoms with E-state index in [2.05, 4.69) is 22.7 Å². The standard InChI is InChI=1S/C19H36N2.ClH/c1-2-3-4-5-6-7-8-9-10-11-12-13-14-15-17-21-18-16-20-19-21;/h16,18-19H,2-15,17H2,1H3;1H. The van der Waals surface area contributed by atoms with Gasteiger partial charge in [-0.3, -0.25) is 0 Å². The molecule has 0 aliphatic rings. The average Bonchev–Trinajstić information content (AvgIpc) is 3.01. The predicted octanol–water partition coefficient (Wildman–Crippen LogP) is 6.79. The zero-order valence-corrected chi connectivity index (χ0v) is 15.5. The fraction of sp³-hybridized carbons (Fsp3) is 0.842. The van der Waals surface area contributed by atoms with Gasteiger partial charge in [0, 0.05) is 18.9 Å². The predicted molar refractivity (Wildman–Crippen MR) is 99.8 cm³/mol. The third-order valence-electron chi connectivity index (χ3n) is 4.33. The number of hydrogen-bond acceptors (Lipinski definition) is 1. The lowest BCUT2D eigenvalue weighted by Crippen LogP contribution is -1.93. The van der Waals surface area contributed by atoms with E-state index in [9.17, 15) is 0 Å². The van der Waals surface area contributed by atoms with Gasteiger partial charge in [0.05, 0.1) is 6.33 Å². The summed E-state index contributed by atoms with van der Waals surface area (Å²) < 4.78 is 2.18. The van der Waals surface area contributed by atoms with Crippen LogP contribution in [-0.4, -0.2) is 9.55 Å². The Bertz CT molecular complexity index is 298. The maximum Gasteiger partial charge on any atom is 0.0945 e. The van der Waals surface area contributed by atoms with Crippen LogP contribution in [0.15, 0.2) is 18.7 Å². The molecule has 0 unspecified atom stereocenters. The highest BCUT2D eigenvalue weighted by Gasteiger charge is 1.94. The zero-order valence-electron chi connectivity index (χ0n) is 14.6. The summed E-state index contributed by atoms with van der Waals surface area (Å²) in [5, 5.41) is 0. The molecule has 1 aromatic heterocycles. The van der Waals surface area contributed by atoms with Crippen molar-refractivity contribution in [2.24, 2.45) is 0 Å². The number of hydrogen-bond donors (Lipinski definition) is 0. The van der Waals surface area contributed by atoms with Gasteiger partial charge in [0.15, 0.2) is 0 Å². The van der Waals surface area contributed by atoms with Gasteiger partial charge in [-0.05, 0) is 6.42 Å². The second kappa shape index (κ2) is 16.9. The van der Waals surface area contributed by atoms with Crippen molar-refractivity contribution in [2.75, 3.05) is 0 Å². The number of halogens is 1. The van der Waals surface area contributed by atoms with Crippen LogP contribution in [0.3, 0.4) is 0 Å². The molecular weight excluding hydrogens is 292 g/mol. The third kappa shape index (κ3) is 13.2. The summed E-state index contributed by atoms with van der Waals surface area (Å²) in [7, 11) is 0. The normalized spacial score (nSPS) is 10.6. The molecule has 0 fully saturated rings. The minimum absolute atomic E-state index is 0. The number of aromatic nitrogens is 2. The second-order valence-corrected chi connectivity index (χ2v) is 6.40. The van der Waals surface area contributed by atoms with Gasteiger partial charge in [0.1, 0.15) is 0 Å². The minimum atomic E-state index is 0. The van der Waals surface area contributed by atoms with Gasteiger partial charge in [0.25, 0.3) is 0 Å². The highest BCUT2D eigenvalue weighted by atomic mass is 35.5. The molecule has 0 atom stereocenters. The van der Waals surface area contributed by atoms with Crippen LogP contribution in [0.2, 0.25) is 0 Å². The van der Waals surface area contributed by atoms with Crippen molar-refractivity contribution in [1.29, 1.82) is 0 Å². The molecule has 0 aliphatic carbocycles. The van der Waals surface area contributed by atoms with Gasteiger partial charge in [-0.25, -0.2) is 4.98 Å². The van der Waals surface area contributed by atoms with E-state index in [0.717, 1.165) is 6.54 Å². The Balaban J connectivity index is 0.00000441. The largest absolute Gasteiger partial charge is 0.337 e. The van der Waals surface area contributed by atoms with Gasteiger partial charge >= 0.3 is 0 Å². The number of rotatable bonds is 15. The third-order valence-corrected chi connectivity index (χ3v) is 4.33. The first kappa shape index (κ1) is 21.5. The molecule has 0 bridgehead atoms. The second-order valence-electron chi connectivity index (χ2n) is 6.40. The first-order chi connectivity index (χ1) is 10.4. The van der Waals surface area contributed by atoms with Gasteiger partial charge in [0.2, 0.25) is 0 Å². The van der Waals surface area contributed by atoms with Crippen molar-refractivity contribution in [3.05, 3.63) is 18.7 Å². The summed E-state index contributed by atoms with van der Waals surface area (Å²) in [6, 6.07) is 0. The summed E-state index contributed by atoms with van der Waals surface area (Å²) in [6.45, 7) is 3.43. The molecule has 1 heterocycles. The first-order valence-electron chi connectivity index (χ1n) is 9.39. The zero-order chi connectivity index (χ0) is 15.0. The van der Waals surface area contributed by atoms with E-state index in [-0.39, 0.29) is 12.4 Å². The molecule has 0 amide bonds. The van der Waals surface area contributed by atoms with Gasteiger partial charge < -0.3 is 4.57 Å². The fourth-order valence-electron chi connectivity index (χ4n) is 2.91. The highest BCUT2D eigenvalue weighted by Crippen LogP contribution is 2.13.